The van der Waals surface area contributed by atoms with Crippen molar-refractivity contribution in [2.45, 2.75) is 24.3 Å². The van der Waals surface area contributed by atoms with Gasteiger partial charge in [0.15, 0.2) is 0 Å². The van der Waals surface area contributed by atoms with E-state index in [4.69, 9.17) is 16.3 Å². The maximum atomic E-state index is 12.4. The van der Waals surface area contributed by atoms with Gasteiger partial charge < -0.3 is 9.64 Å². The van der Waals surface area contributed by atoms with E-state index in [1.807, 2.05) is 13.8 Å². The topological polar surface area (TPSA) is 59.5 Å². The van der Waals surface area contributed by atoms with Crippen LogP contribution in [0.3, 0.4) is 0 Å². The minimum atomic E-state index is -0.888. The Hall–Kier alpha value is -1.14. The molecule has 1 saturated heterocycles. The van der Waals surface area contributed by atoms with Gasteiger partial charge in [0, 0.05) is 40.6 Å². The zero-order valence-electron chi connectivity index (χ0n) is 11.6. The van der Waals surface area contributed by atoms with Crippen LogP contribution in [-0.2, 0) is 10.8 Å². The van der Waals surface area contributed by atoms with Gasteiger partial charge in [-0.1, -0.05) is 11.6 Å². The number of rotatable bonds is 2. The molecule has 0 unspecified atom stereocenters. The summed E-state index contributed by atoms with van der Waals surface area (Å²) in [6, 6.07) is 1.55. The largest absolute Gasteiger partial charge is 0.480 e. The minimum absolute atomic E-state index is 0.0237. The molecule has 2 rings (SSSR count). The number of aromatic nitrogens is 1. The van der Waals surface area contributed by atoms with Crippen LogP contribution in [-0.4, -0.2) is 50.7 Å². The van der Waals surface area contributed by atoms with Crippen molar-refractivity contribution in [3.8, 4) is 5.88 Å². The molecule has 0 N–H and O–H groups in total. The first-order chi connectivity index (χ1) is 9.43. The maximum Gasteiger partial charge on any atom is 0.255 e. The highest BCUT2D eigenvalue weighted by molar-refractivity contribution is 7.86. The number of halogens is 1. The van der Waals surface area contributed by atoms with Crippen molar-refractivity contribution < 1.29 is 13.7 Å². The second kappa shape index (κ2) is 6.10. The number of hydrogen-bond donors (Lipinski definition) is 0. The van der Waals surface area contributed by atoms with Crippen molar-refractivity contribution in [2.75, 3.05) is 20.2 Å². The quantitative estimate of drug-likeness (QED) is 0.833. The lowest BCUT2D eigenvalue weighted by Gasteiger charge is -2.34. The Bertz CT molecular complexity index is 538. The zero-order valence-corrected chi connectivity index (χ0v) is 13.2. The van der Waals surface area contributed by atoms with E-state index < -0.39 is 10.8 Å². The molecule has 7 heteroatoms. The van der Waals surface area contributed by atoms with E-state index in [0.29, 0.717) is 29.6 Å². The molecule has 0 aromatic carbocycles. The van der Waals surface area contributed by atoms with E-state index in [2.05, 4.69) is 4.98 Å². The molecule has 110 valence electrons. The summed E-state index contributed by atoms with van der Waals surface area (Å²) in [5, 5.41) is 0.258. The highest BCUT2D eigenvalue weighted by Gasteiger charge is 2.31. The van der Waals surface area contributed by atoms with Crippen LogP contribution >= 0.6 is 11.6 Å². The minimum Gasteiger partial charge on any atom is -0.480 e. The first-order valence-electron chi connectivity index (χ1n) is 6.32. The summed E-state index contributed by atoms with van der Waals surface area (Å²) in [4.78, 5) is 18.1. The molecule has 0 saturated carbocycles. The monoisotopic (exact) mass is 316 g/mol. The third kappa shape index (κ3) is 2.96. The number of ether oxygens (including phenoxy) is 1. The SMILES string of the molecule is COc1ncc(C(=O)N2C[C@H](C)S(=O)[C@@H](C)C2)cc1Cl. The number of methoxy groups -OCH3 is 1. The predicted octanol–water partition coefficient (Wildman–Crippen LogP) is 1.73. The van der Waals surface area contributed by atoms with E-state index in [-0.39, 0.29) is 16.4 Å². The standard InChI is InChI=1S/C13H17ClN2O3S/c1-8-6-16(7-9(2)20(8)18)13(17)10-4-11(14)12(19-3)15-5-10/h4-5,8-9H,6-7H2,1-3H3/t8-,9-/m0/s1. The Balaban J connectivity index is 2.19. The maximum absolute atomic E-state index is 12.4. The summed E-state index contributed by atoms with van der Waals surface area (Å²) in [5.74, 6) is 0.155. The Kier molecular flexibility index (Phi) is 4.65. The number of carbonyl (C=O) groups is 1. The average Bonchev–Trinajstić information content (AvgIpc) is 2.43. The fraction of sp³-hybridized carbons (Fsp3) is 0.538. The molecule has 0 radical (unpaired) electrons. The van der Waals surface area contributed by atoms with Crippen molar-refractivity contribution in [2.24, 2.45) is 0 Å². The smallest absolute Gasteiger partial charge is 0.255 e. The molecule has 1 aliphatic heterocycles. The molecule has 0 aliphatic carbocycles. The van der Waals surface area contributed by atoms with Gasteiger partial charge in [-0.2, -0.15) is 0 Å². The molecule has 2 atom stereocenters. The average molecular weight is 317 g/mol. The van der Waals surface area contributed by atoms with E-state index in [9.17, 15) is 9.00 Å². The Morgan fingerprint density at radius 3 is 2.55 bits per heavy atom. The molecular weight excluding hydrogens is 300 g/mol. The van der Waals surface area contributed by atoms with Gasteiger partial charge in [0.25, 0.3) is 5.91 Å². The van der Waals surface area contributed by atoms with Gasteiger partial charge >= 0.3 is 0 Å². The lowest BCUT2D eigenvalue weighted by atomic mass is 10.2. The van der Waals surface area contributed by atoms with Crippen molar-refractivity contribution in [1.29, 1.82) is 0 Å². The molecule has 0 bridgehead atoms. The highest BCUT2D eigenvalue weighted by atomic mass is 35.5. The molecule has 2 heterocycles. The first-order valence-corrected chi connectivity index (χ1v) is 7.97. The van der Waals surface area contributed by atoms with E-state index >= 15 is 0 Å². The molecule has 1 aromatic heterocycles. The van der Waals surface area contributed by atoms with E-state index in [1.165, 1.54) is 13.3 Å². The highest BCUT2D eigenvalue weighted by Crippen LogP contribution is 2.23. The summed E-state index contributed by atoms with van der Waals surface area (Å²) >= 11 is 5.99. The summed E-state index contributed by atoms with van der Waals surface area (Å²) < 4.78 is 16.9. The molecule has 20 heavy (non-hydrogen) atoms. The first kappa shape index (κ1) is 15.3. The van der Waals surface area contributed by atoms with Crippen molar-refractivity contribution in [3.63, 3.8) is 0 Å². The lowest BCUT2D eigenvalue weighted by molar-refractivity contribution is 0.0751. The Morgan fingerprint density at radius 2 is 2.05 bits per heavy atom. The summed E-state index contributed by atoms with van der Waals surface area (Å²) in [5.41, 5.74) is 0.419. The summed E-state index contributed by atoms with van der Waals surface area (Å²) in [6.07, 6.45) is 1.45. The van der Waals surface area contributed by atoms with Crippen LogP contribution in [0, 0.1) is 0 Å². The van der Waals surface area contributed by atoms with Gasteiger partial charge in [0.2, 0.25) is 5.88 Å². The third-order valence-corrected chi connectivity index (χ3v) is 5.44. The third-order valence-electron chi connectivity index (χ3n) is 3.28. The summed E-state index contributed by atoms with van der Waals surface area (Å²) in [7, 11) is 0.583. The number of carbonyl (C=O) groups excluding carboxylic acids is 1. The van der Waals surface area contributed by atoms with Crippen LogP contribution in [0.2, 0.25) is 5.02 Å². The number of hydrogen-bond acceptors (Lipinski definition) is 4. The summed E-state index contributed by atoms with van der Waals surface area (Å²) in [6.45, 7) is 4.76. The van der Waals surface area contributed by atoms with Crippen LogP contribution in [0.15, 0.2) is 12.3 Å². The number of nitrogens with zero attached hydrogens (tertiary/aromatic N) is 2. The molecule has 1 amide bonds. The van der Waals surface area contributed by atoms with Gasteiger partial charge in [-0.05, 0) is 19.9 Å². The van der Waals surface area contributed by atoms with Crippen molar-refractivity contribution in [1.82, 2.24) is 9.88 Å². The zero-order chi connectivity index (χ0) is 14.9. The molecule has 1 fully saturated rings. The molecule has 1 aromatic rings. The molecule has 0 spiro atoms. The fourth-order valence-electron chi connectivity index (χ4n) is 2.28. The van der Waals surface area contributed by atoms with E-state index in [0.717, 1.165) is 0 Å². The molecule has 5 nitrogen and oxygen atoms in total. The Morgan fingerprint density at radius 1 is 1.45 bits per heavy atom. The van der Waals surface area contributed by atoms with E-state index in [1.54, 1.807) is 11.0 Å². The second-order valence-corrected chi connectivity index (χ2v) is 7.55. The van der Waals surface area contributed by atoms with Gasteiger partial charge in [-0.3, -0.25) is 9.00 Å². The van der Waals surface area contributed by atoms with Gasteiger partial charge in [0.1, 0.15) is 5.02 Å². The van der Waals surface area contributed by atoms with Crippen LogP contribution in [0.4, 0.5) is 0 Å². The van der Waals surface area contributed by atoms with Gasteiger partial charge in [0.05, 0.1) is 12.7 Å². The molecule has 1 aliphatic rings. The van der Waals surface area contributed by atoms with Crippen LogP contribution < -0.4 is 4.74 Å². The van der Waals surface area contributed by atoms with Crippen LogP contribution in [0.25, 0.3) is 0 Å². The van der Waals surface area contributed by atoms with Crippen LogP contribution in [0.1, 0.15) is 24.2 Å². The predicted molar refractivity (Wildman–Crippen MR) is 78.8 cm³/mol. The number of amides is 1. The second-order valence-electron chi connectivity index (χ2n) is 4.87. The fourth-order valence-corrected chi connectivity index (χ4v) is 3.97. The Labute approximate surface area is 125 Å². The molecular formula is C13H17ClN2O3S. The van der Waals surface area contributed by atoms with Crippen LogP contribution in [0.5, 0.6) is 5.88 Å². The van der Waals surface area contributed by atoms with Gasteiger partial charge in [-0.25, -0.2) is 4.98 Å². The van der Waals surface area contributed by atoms with Crippen molar-refractivity contribution in [3.05, 3.63) is 22.8 Å². The van der Waals surface area contributed by atoms with Gasteiger partial charge in [-0.15, -0.1) is 0 Å². The lowest BCUT2D eigenvalue weighted by Crippen LogP contribution is -2.49. The van der Waals surface area contributed by atoms with Crippen molar-refractivity contribution >= 4 is 28.3 Å². The number of pyridine rings is 1. The normalized spacial score (nSPS) is 23.7.